The lowest BCUT2D eigenvalue weighted by Crippen LogP contribution is -2.49. The van der Waals surface area contributed by atoms with E-state index in [9.17, 15) is 0 Å². The van der Waals surface area contributed by atoms with Gasteiger partial charge in [-0.3, -0.25) is 0 Å². The van der Waals surface area contributed by atoms with Crippen LogP contribution in [0, 0.1) is 12.3 Å². The van der Waals surface area contributed by atoms with Crippen LogP contribution in [0.1, 0.15) is 31.9 Å². The van der Waals surface area contributed by atoms with Crippen LogP contribution in [0.5, 0.6) is 0 Å². The van der Waals surface area contributed by atoms with Gasteiger partial charge in [0, 0.05) is 12.8 Å². The fraction of sp³-hybridized carbons (Fsp3) is 0.529. The van der Waals surface area contributed by atoms with Crippen molar-refractivity contribution in [2.24, 2.45) is 0 Å². The van der Waals surface area contributed by atoms with Crippen molar-refractivity contribution >= 4 is 8.32 Å². The fourth-order valence-electron chi connectivity index (χ4n) is 2.43. The van der Waals surface area contributed by atoms with Gasteiger partial charge in [0.05, 0.1) is 0 Å². The van der Waals surface area contributed by atoms with Crippen molar-refractivity contribution in [3.63, 3.8) is 0 Å². The second kappa shape index (κ2) is 4.51. The van der Waals surface area contributed by atoms with Crippen LogP contribution in [0.15, 0.2) is 24.3 Å². The van der Waals surface area contributed by atoms with Gasteiger partial charge in [0.2, 0.25) is 0 Å². The number of benzene rings is 1. The molecule has 0 saturated carbocycles. The molecule has 1 aliphatic rings. The summed E-state index contributed by atoms with van der Waals surface area (Å²) in [6, 6.07) is 8.50. The van der Waals surface area contributed by atoms with Crippen LogP contribution >= 0.6 is 0 Å². The SMILES string of the molecule is C#CC1(O[Si](C)(C)C(C)(C)C)Cc2ccccc2C1. The van der Waals surface area contributed by atoms with E-state index < -0.39 is 13.9 Å². The van der Waals surface area contributed by atoms with E-state index in [4.69, 9.17) is 10.8 Å². The number of hydrogen-bond acceptors (Lipinski definition) is 1. The lowest BCUT2D eigenvalue weighted by Gasteiger charge is -2.42. The lowest BCUT2D eigenvalue weighted by molar-refractivity contribution is 0.123. The van der Waals surface area contributed by atoms with E-state index >= 15 is 0 Å². The van der Waals surface area contributed by atoms with Crippen molar-refractivity contribution in [3.8, 4) is 12.3 Å². The second-order valence-electron chi connectivity index (χ2n) is 7.12. The predicted octanol–water partition coefficient (Wildman–Crippen LogP) is 4.18. The zero-order valence-corrected chi connectivity index (χ0v) is 13.7. The van der Waals surface area contributed by atoms with Crippen molar-refractivity contribution in [2.75, 3.05) is 0 Å². The van der Waals surface area contributed by atoms with Crippen LogP contribution in [0.3, 0.4) is 0 Å². The normalized spacial score (nSPS) is 17.9. The molecule has 0 saturated heterocycles. The topological polar surface area (TPSA) is 9.23 Å². The number of terminal acetylenes is 1. The summed E-state index contributed by atoms with van der Waals surface area (Å²) in [7, 11) is -1.84. The van der Waals surface area contributed by atoms with Gasteiger partial charge >= 0.3 is 0 Å². The van der Waals surface area contributed by atoms with Gasteiger partial charge in [-0.15, -0.1) is 6.42 Å². The van der Waals surface area contributed by atoms with E-state index in [0.717, 1.165) is 12.8 Å². The molecule has 0 aliphatic heterocycles. The lowest BCUT2D eigenvalue weighted by atomic mass is 10.0. The van der Waals surface area contributed by atoms with Gasteiger partial charge in [0.25, 0.3) is 0 Å². The molecular weight excluding hydrogens is 248 g/mol. The monoisotopic (exact) mass is 272 g/mol. The zero-order chi connectivity index (χ0) is 14.3. The average Bonchev–Trinajstić information content (AvgIpc) is 2.65. The first-order valence-corrected chi connectivity index (χ1v) is 9.85. The van der Waals surface area contributed by atoms with E-state index in [1.165, 1.54) is 11.1 Å². The largest absolute Gasteiger partial charge is 0.400 e. The van der Waals surface area contributed by atoms with E-state index in [0.29, 0.717) is 0 Å². The molecule has 1 aromatic rings. The molecule has 0 aromatic heterocycles. The number of fused-ring (bicyclic) bond motifs is 1. The Morgan fingerprint density at radius 1 is 1.16 bits per heavy atom. The van der Waals surface area contributed by atoms with E-state index in [1.807, 2.05) is 0 Å². The van der Waals surface area contributed by atoms with Gasteiger partial charge in [0.1, 0.15) is 5.60 Å². The van der Waals surface area contributed by atoms with Crippen LogP contribution in [-0.2, 0) is 17.3 Å². The quantitative estimate of drug-likeness (QED) is 0.580. The minimum absolute atomic E-state index is 0.186. The maximum atomic E-state index is 6.59. The highest BCUT2D eigenvalue weighted by Crippen LogP contribution is 2.42. The Morgan fingerprint density at radius 3 is 2.00 bits per heavy atom. The minimum Gasteiger partial charge on any atom is -0.400 e. The van der Waals surface area contributed by atoms with Crippen molar-refractivity contribution in [3.05, 3.63) is 35.4 Å². The highest BCUT2D eigenvalue weighted by Gasteiger charge is 2.46. The molecule has 0 heterocycles. The summed E-state index contributed by atoms with van der Waals surface area (Å²) in [5, 5.41) is 0.186. The van der Waals surface area contributed by atoms with Crippen molar-refractivity contribution in [1.82, 2.24) is 0 Å². The van der Waals surface area contributed by atoms with Crippen LogP contribution < -0.4 is 0 Å². The van der Waals surface area contributed by atoms with Gasteiger partial charge in [-0.2, -0.15) is 0 Å². The standard InChI is InChI=1S/C17H24OSi/c1-7-17(18-19(5,6)16(2,3)4)12-14-10-8-9-11-15(14)13-17/h1,8-11H,12-13H2,2-6H3. The van der Waals surface area contributed by atoms with E-state index in [2.05, 4.69) is 64.1 Å². The Balaban J connectivity index is 2.28. The summed E-state index contributed by atoms with van der Waals surface area (Å²) in [5.41, 5.74) is 2.27. The maximum Gasteiger partial charge on any atom is 0.194 e. The third kappa shape index (κ3) is 2.63. The third-order valence-corrected chi connectivity index (χ3v) is 9.10. The average molecular weight is 272 g/mol. The molecular formula is C17H24OSi. The molecule has 2 heteroatoms. The Morgan fingerprint density at radius 2 is 1.63 bits per heavy atom. The smallest absolute Gasteiger partial charge is 0.194 e. The van der Waals surface area contributed by atoms with Crippen LogP contribution in [0.4, 0.5) is 0 Å². The summed E-state index contributed by atoms with van der Waals surface area (Å²) < 4.78 is 6.59. The Hall–Kier alpha value is -1.04. The Labute approximate surface area is 118 Å². The van der Waals surface area contributed by atoms with Crippen molar-refractivity contribution in [1.29, 1.82) is 0 Å². The van der Waals surface area contributed by atoms with Crippen LogP contribution in [0.2, 0.25) is 18.1 Å². The number of hydrogen-bond donors (Lipinski definition) is 0. The van der Waals surface area contributed by atoms with Gasteiger partial charge < -0.3 is 4.43 Å². The molecule has 102 valence electrons. The first-order valence-electron chi connectivity index (χ1n) is 6.94. The highest BCUT2D eigenvalue weighted by atomic mass is 28.4. The van der Waals surface area contributed by atoms with Gasteiger partial charge in [-0.05, 0) is 29.3 Å². The molecule has 0 unspecified atom stereocenters. The summed E-state index contributed by atoms with van der Waals surface area (Å²) in [4.78, 5) is 0. The molecule has 1 aliphatic carbocycles. The summed E-state index contributed by atoms with van der Waals surface area (Å²) in [6.45, 7) is 11.3. The van der Waals surface area contributed by atoms with Gasteiger partial charge in [-0.25, -0.2) is 0 Å². The molecule has 0 bridgehead atoms. The fourth-order valence-corrected chi connectivity index (χ4v) is 3.91. The molecule has 0 N–H and O–H groups in total. The predicted molar refractivity (Wildman–Crippen MR) is 83.7 cm³/mol. The molecule has 0 atom stereocenters. The zero-order valence-electron chi connectivity index (χ0n) is 12.7. The molecule has 19 heavy (non-hydrogen) atoms. The number of rotatable bonds is 2. The molecule has 2 rings (SSSR count). The Kier molecular flexibility index (Phi) is 3.41. The van der Waals surface area contributed by atoms with Gasteiger partial charge in [-0.1, -0.05) is 51.0 Å². The Bertz CT molecular complexity index is 492. The second-order valence-corrected chi connectivity index (χ2v) is 11.8. The van der Waals surface area contributed by atoms with E-state index in [-0.39, 0.29) is 5.04 Å². The van der Waals surface area contributed by atoms with Crippen LogP contribution in [0.25, 0.3) is 0 Å². The van der Waals surface area contributed by atoms with E-state index in [1.54, 1.807) is 0 Å². The maximum absolute atomic E-state index is 6.59. The summed E-state index contributed by atoms with van der Waals surface area (Å²) in [5.74, 6) is 2.97. The molecule has 0 amide bonds. The molecule has 1 aromatic carbocycles. The van der Waals surface area contributed by atoms with Crippen molar-refractivity contribution in [2.45, 2.75) is 57.3 Å². The highest BCUT2D eigenvalue weighted by molar-refractivity contribution is 6.74. The first kappa shape index (κ1) is 14.4. The molecule has 0 fully saturated rings. The summed E-state index contributed by atoms with van der Waals surface area (Å²) >= 11 is 0. The third-order valence-electron chi connectivity index (χ3n) is 4.59. The minimum atomic E-state index is -1.84. The van der Waals surface area contributed by atoms with Crippen LogP contribution in [-0.4, -0.2) is 13.9 Å². The molecule has 0 spiro atoms. The molecule has 1 nitrogen and oxygen atoms in total. The summed E-state index contributed by atoms with van der Waals surface area (Å²) in [6.07, 6.45) is 7.55. The molecule has 0 radical (unpaired) electrons. The first-order chi connectivity index (χ1) is 8.69. The van der Waals surface area contributed by atoms with Gasteiger partial charge in [0.15, 0.2) is 8.32 Å². The van der Waals surface area contributed by atoms with Crippen molar-refractivity contribution < 1.29 is 4.43 Å².